The monoisotopic (exact) mass is 313 g/mol. The molecule has 1 atom stereocenters. The van der Waals surface area contributed by atoms with Crippen molar-refractivity contribution in [3.05, 3.63) is 35.9 Å². The zero-order chi connectivity index (χ0) is 14.8. The fraction of sp³-hybridized carbons (Fsp3) is 0.467. The summed E-state index contributed by atoms with van der Waals surface area (Å²) >= 11 is 0. The molecule has 1 aromatic carbocycles. The number of nitrogens with one attached hydrogen (secondary N) is 2. The lowest BCUT2D eigenvalue weighted by molar-refractivity contribution is -0.123. The van der Waals surface area contributed by atoms with Crippen LogP contribution in [0.15, 0.2) is 30.3 Å². The van der Waals surface area contributed by atoms with E-state index in [1.807, 2.05) is 37.3 Å². The SMILES string of the molecule is CCCNC(=O)CCNC(=O)[C@@H](N)Cc1ccccc1.Cl. The van der Waals surface area contributed by atoms with Gasteiger partial charge in [0.25, 0.3) is 0 Å². The van der Waals surface area contributed by atoms with E-state index in [4.69, 9.17) is 5.73 Å². The molecule has 0 saturated heterocycles. The molecule has 0 aliphatic heterocycles. The van der Waals surface area contributed by atoms with Crippen LogP contribution in [0.3, 0.4) is 0 Å². The van der Waals surface area contributed by atoms with Gasteiger partial charge < -0.3 is 16.4 Å². The van der Waals surface area contributed by atoms with Crippen molar-refractivity contribution in [2.45, 2.75) is 32.2 Å². The van der Waals surface area contributed by atoms with E-state index in [0.29, 0.717) is 19.5 Å². The van der Waals surface area contributed by atoms with E-state index < -0.39 is 6.04 Å². The lowest BCUT2D eigenvalue weighted by Crippen LogP contribution is -2.43. The lowest BCUT2D eigenvalue weighted by Gasteiger charge is -2.12. The van der Waals surface area contributed by atoms with Crippen LogP contribution >= 0.6 is 12.4 Å². The van der Waals surface area contributed by atoms with Crippen molar-refractivity contribution in [2.24, 2.45) is 5.73 Å². The van der Waals surface area contributed by atoms with Crippen LogP contribution in [-0.2, 0) is 16.0 Å². The van der Waals surface area contributed by atoms with Crippen molar-refractivity contribution in [3.63, 3.8) is 0 Å². The van der Waals surface area contributed by atoms with Crippen LogP contribution in [0.4, 0.5) is 0 Å². The quantitative estimate of drug-likeness (QED) is 0.669. The molecule has 0 bridgehead atoms. The van der Waals surface area contributed by atoms with Crippen LogP contribution < -0.4 is 16.4 Å². The summed E-state index contributed by atoms with van der Waals surface area (Å²) in [6, 6.07) is 9.03. The third-order valence-electron chi connectivity index (χ3n) is 2.86. The molecule has 0 aliphatic rings. The van der Waals surface area contributed by atoms with E-state index in [-0.39, 0.29) is 30.6 Å². The van der Waals surface area contributed by atoms with E-state index in [2.05, 4.69) is 10.6 Å². The lowest BCUT2D eigenvalue weighted by atomic mass is 10.1. The zero-order valence-corrected chi connectivity index (χ0v) is 13.1. The maximum atomic E-state index is 11.8. The summed E-state index contributed by atoms with van der Waals surface area (Å²) in [6.45, 7) is 2.97. The number of halogens is 1. The van der Waals surface area contributed by atoms with Gasteiger partial charge in [0.1, 0.15) is 0 Å². The number of nitrogens with two attached hydrogens (primary N) is 1. The summed E-state index contributed by atoms with van der Waals surface area (Å²) in [5.74, 6) is -0.277. The van der Waals surface area contributed by atoms with E-state index in [1.165, 1.54) is 0 Å². The molecule has 0 saturated carbocycles. The highest BCUT2D eigenvalue weighted by atomic mass is 35.5. The Kier molecular flexibility index (Phi) is 10.3. The first-order chi connectivity index (χ1) is 9.63. The smallest absolute Gasteiger partial charge is 0.237 e. The molecule has 4 N–H and O–H groups in total. The number of hydrogen-bond acceptors (Lipinski definition) is 3. The maximum Gasteiger partial charge on any atom is 0.237 e. The third kappa shape index (κ3) is 8.32. The van der Waals surface area contributed by atoms with Crippen LogP contribution in [0.2, 0.25) is 0 Å². The summed E-state index contributed by atoms with van der Waals surface area (Å²) in [6.07, 6.45) is 1.68. The third-order valence-corrected chi connectivity index (χ3v) is 2.86. The second-order valence-corrected chi connectivity index (χ2v) is 4.69. The topological polar surface area (TPSA) is 84.2 Å². The molecular formula is C15H24ClN3O2. The minimum absolute atomic E-state index is 0. The highest BCUT2D eigenvalue weighted by Gasteiger charge is 2.13. The molecule has 5 nitrogen and oxygen atoms in total. The Labute approximate surface area is 132 Å². The summed E-state index contributed by atoms with van der Waals surface area (Å²) < 4.78 is 0. The second-order valence-electron chi connectivity index (χ2n) is 4.69. The summed E-state index contributed by atoms with van der Waals surface area (Å²) in [5, 5.41) is 5.44. The zero-order valence-electron chi connectivity index (χ0n) is 12.3. The molecule has 118 valence electrons. The van der Waals surface area contributed by atoms with Crippen LogP contribution in [0.25, 0.3) is 0 Å². The van der Waals surface area contributed by atoms with E-state index in [1.54, 1.807) is 0 Å². The summed E-state index contributed by atoms with van der Waals surface area (Å²) in [5.41, 5.74) is 6.86. The van der Waals surface area contributed by atoms with Crippen LogP contribution in [0.1, 0.15) is 25.3 Å². The number of amides is 2. The van der Waals surface area contributed by atoms with Crippen LogP contribution in [-0.4, -0.2) is 30.9 Å². The minimum Gasteiger partial charge on any atom is -0.356 e. The fourth-order valence-electron chi connectivity index (χ4n) is 1.74. The summed E-state index contributed by atoms with van der Waals surface area (Å²) in [4.78, 5) is 23.1. The Morgan fingerprint density at radius 3 is 2.43 bits per heavy atom. The van der Waals surface area contributed by atoms with E-state index >= 15 is 0 Å². The maximum absolute atomic E-state index is 11.8. The van der Waals surface area contributed by atoms with Gasteiger partial charge in [-0.15, -0.1) is 12.4 Å². The predicted molar refractivity (Wildman–Crippen MR) is 86.3 cm³/mol. The predicted octanol–water partition coefficient (Wildman–Crippen LogP) is 1.01. The van der Waals surface area contributed by atoms with Gasteiger partial charge >= 0.3 is 0 Å². The first-order valence-corrected chi connectivity index (χ1v) is 6.97. The van der Waals surface area contributed by atoms with Gasteiger partial charge in [-0.25, -0.2) is 0 Å². The number of carbonyl (C=O) groups is 2. The van der Waals surface area contributed by atoms with Crippen LogP contribution in [0.5, 0.6) is 0 Å². The molecular weight excluding hydrogens is 290 g/mol. The molecule has 21 heavy (non-hydrogen) atoms. The molecule has 0 fully saturated rings. The highest BCUT2D eigenvalue weighted by Crippen LogP contribution is 2.01. The molecule has 0 heterocycles. The van der Waals surface area contributed by atoms with Gasteiger partial charge in [0.15, 0.2) is 0 Å². The Bertz CT molecular complexity index is 426. The van der Waals surface area contributed by atoms with Gasteiger partial charge in [-0.05, 0) is 18.4 Å². The molecule has 0 aromatic heterocycles. The number of benzene rings is 1. The molecule has 0 radical (unpaired) electrons. The van der Waals surface area contributed by atoms with Crippen molar-refractivity contribution in [1.29, 1.82) is 0 Å². The number of hydrogen-bond donors (Lipinski definition) is 3. The van der Waals surface area contributed by atoms with Crippen molar-refractivity contribution >= 4 is 24.2 Å². The molecule has 6 heteroatoms. The average Bonchev–Trinajstić information content (AvgIpc) is 2.46. The highest BCUT2D eigenvalue weighted by molar-refractivity contribution is 5.85. The molecule has 0 aliphatic carbocycles. The van der Waals surface area contributed by atoms with Gasteiger partial charge in [0, 0.05) is 19.5 Å². The Morgan fingerprint density at radius 1 is 1.14 bits per heavy atom. The fourth-order valence-corrected chi connectivity index (χ4v) is 1.74. The largest absolute Gasteiger partial charge is 0.356 e. The minimum atomic E-state index is -0.587. The van der Waals surface area contributed by atoms with Gasteiger partial charge in [-0.3, -0.25) is 9.59 Å². The second kappa shape index (κ2) is 11.1. The van der Waals surface area contributed by atoms with Gasteiger partial charge in [0.05, 0.1) is 6.04 Å². The van der Waals surface area contributed by atoms with E-state index in [0.717, 1.165) is 12.0 Å². The number of carbonyl (C=O) groups excluding carboxylic acids is 2. The Morgan fingerprint density at radius 2 is 1.81 bits per heavy atom. The first kappa shape index (κ1) is 19.4. The Hall–Kier alpha value is -1.59. The molecule has 0 spiro atoms. The number of rotatable bonds is 8. The van der Waals surface area contributed by atoms with Gasteiger partial charge in [0.2, 0.25) is 11.8 Å². The molecule has 0 unspecified atom stereocenters. The molecule has 2 amide bonds. The van der Waals surface area contributed by atoms with Crippen LogP contribution in [0, 0.1) is 0 Å². The first-order valence-electron chi connectivity index (χ1n) is 6.97. The van der Waals surface area contributed by atoms with E-state index in [9.17, 15) is 9.59 Å². The van der Waals surface area contributed by atoms with Gasteiger partial charge in [-0.2, -0.15) is 0 Å². The van der Waals surface area contributed by atoms with Crippen molar-refractivity contribution in [3.8, 4) is 0 Å². The molecule has 1 rings (SSSR count). The van der Waals surface area contributed by atoms with Crippen molar-refractivity contribution < 1.29 is 9.59 Å². The van der Waals surface area contributed by atoms with Gasteiger partial charge in [-0.1, -0.05) is 37.3 Å². The van der Waals surface area contributed by atoms with Crippen molar-refractivity contribution in [2.75, 3.05) is 13.1 Å². The van der Waals surface area contributed by atoms with Crippen molar-refractivity contribution in [1.82, 2.24) is 10.6 Å². The normalized spacial score (nSPS) is 11.1. The standard InChI is InChI=1S/C15H23N3O2.ClH/c1-2-9-17-14(19)8-10-18-15(20)13(16)11-12-6-4-3-5-7-12;/h3-7,13H,2,8-11,16H2,1H3,(H,17,19)(H,18,20);1H/t13-;/m0./s1. The molecule has 1 aromatic rings. The Balaban J connectivity index is 0.00000400. The average molecular weight is 314 g/mol. The summed E-state index contributed by atoms with van der Waals surface area (Å²) in [7, 11) is 0.